The summed E-state index contributed by atoms with van der Waals surface area (Å²) in [6, 6.07) is 14.1. The highest BCUT2D eigenvalue weighted by Gasteiger charge is 2.29. The van der Waals surface area contributed by atoms with Gasteiger partial charge in [-0.3, -0.25) is 9.59 Å². The maximum atomic E-state index is 13.5. The molecule has 5 heterocycles. The van der Waals surface area contributed by atoms with Gasteiger partial charge in [0.25, 0.3) is 11.8 Å². The van der Waals surface area contributed by atoms with E-state index in [0.29, 0.717) is 76.2 Å². The number of hydrogen-bond donors (Lipinski definition) is 4. The van der Waals surface area contributed by atoms with Crippen LogP contribution in [0.15, 0.2) is 85.7 Å². The molecule has 2 aromatic carbocycles. The molecule has 1 saturated heterocycles. The summed E-state index contributed by atoms with van der Waals surface area (Å²) in [5.41, 5.74) is 1.92. The number of amides is 2. The van der Waals surface area contributed by atoms with Crippen LogP contribution in [0, 0.1) is 0 Å². The fraction of sp³-hybridized carbons (Fsp3) is 0.268. The largest absolute Gasteiger partial charge is 0.495 e. The van der Waals surface area contributed by atoms with Gasteiger partial charge >= 0.3 is 0 Å². The molecule has 2 amide bonds. The van der Waals surface area contributed by atoms with Crippen LogP contribution in [0.1, 0.15) is 56.6 Å². The van der Waals surface area contributed by atoms with Gasteiger partial charge in [0.2, 0.25) is 11.8 Å². The summed E-state index contributed by atoms with van der Waals surface area (Å²) < 4.78 is 17.0. The van der Waals surface area contributed by atoms with Gasteiger partial charge in [0.15, 0.2) is 11.6 Å². The minimum atomic E-state index is -0.515. The van der Waals surface area contributed by atoms with Crippen molar-refractivity contribution in [2.24, 2.45) is 0 Å². The Bertz CT molecular complexity index is 2450. The number of methoxy groups -OCH3 is 2. The van der Waals surface area contributed by atoms with Crippen LogP contribution < -0.4 is 40.4 Å². The van der Waals surface area contributed by atoms with Crippen LogP contribution in [0.2, 0.25) is 10.0 Å². The minimum Gasteiger partial charge on any atom is -0.495 e. The average Bonchev–Trinajstić information content (AvgIpc) is 3.77. The lowest BCUT2D eigenvalue weighted by atomic mass is 10.2. The van der Waals surface area contributed by atoms with E-state index in [1.807, 2.05) is 17.0 Å². The van der Waals surface area contributed by atoms with Crippen LogP contribution in [0.3, 0.4) is 0 Å². The van der Waals surface area contributed by atoms with Gasteiger partial charge < -0.3 is 40.4 Å². The normalized spacial score (nSPS) is 13.3. The molecule has 18 nitrogen and oxygen atoms in total. The second-order valence-corrected chi connectivity index (χ2v) is 14.3. The Morgan fingerprint density at radius 1 is 0.705 bits per heavy atom. The van der Waals surface area contributed by atoms with Crippen LogP contribution in [0.5, 0.6) is 17.2 Å². The van der Waals surface area contributed by atoms with Crippen LogP contribution in [0.25, 0.3) is 0 Å². The third-order valence-electron chi connectivity index (χ3n) is 9.45. The summed E-state index contributed by atoms with van der Waals surface area (Å²) in [5.74, 6) is 2.35. The van der Waals surface area contributed by atoms with E-state index in [1.54, 1.807) is 75.4 Å². The van der Waals surface area contributed by atoms with Crippen molar-refractivity contribution < 1.29 is 23.8 Å². The first kappa shape index (κ1) is 42.2. The van der Waals surface area contributed by atoms with Gasteiger partial charge in [-0.25, -0.2) is 34.9 Å². The van der Waals surface area contributed by atoms with Crippen molar-refractivity contribution >= 4 is 52.6 Å². The fourth-order valence-corrected chi connectivity index (χ4v) is 6.89. The highest BCUT2D eigenvalue weighted by atomic mass is 35.5. The summed E-state index contributed by atoms with van der Waals surface area (Å²) >= 11 is 12.8. The Morgan fingerprint density at radius 3 is 1.89 bits per heavy atom. The number of aromatic nitrogens is 8. The SMILES string of the molecule is COc1ccc(CNc2nc(C(=O)NCc3ncccn3)ncc2OC[C@@H]2CCCN2c2ncc(C(=O)NCc3ncccn3)c(NCc3ccc(OC)c(Cl)c3)n2)cc1Cl. The third-order valence-corrected chi connectivity index (χ3v) is 10.0. The molecule has 61 heavy (non-hydrogen) atoms. The summed E-state index contributed by atoms with van der Waals surface area (Å²) in [6.07, 6.45) is 11.0. The van der Waals surface area contributed by atoms with Crippen molar-refractivity contribution in [1.29, 1.82) is 0 Å². The zero-order chi connectivity index (χ0) is 42.6. The first-order chi connectivity index (χ1) is 29.8. The van der Waals surface area contributed by atoms with Crippen molar-refractivity contribution in [3.63, 3.8) is 0 Å². The molecule has 1 aliphatic rings. The third kappa shape index (κ3) is 11.0. The second kappa shape index (κ2) is 20.4. The predicted molar refractivity (Wildman–Crippen MR) is 227 cm³/mol. The zero-order valence-electron chi connectivity index (χ0n) is 33.1. The molecule has 0 unspecified atom stereocenters. The van der Waals surface area contributed by atoms with E-state index in [-0.39, 0.29) is 37.1 Å². The van der Waals surface area contributed by atoms with Gasteiger partial charge in [0, 0.05) is 50.6 Å². The number of rotatable bonds is 18. The standard InChI is InChI=1S/C41H41Cl2N13O5/c1-59-31-9-7-25(16-29(31)42)18-48-36-28(39(57)51-22-34-44-11-4-12-45-34)20-53-41(55-36)56-15-3-6-27(56)24-61-33-21-50-38(40(58)52-23-35-46-13-5-14-47-35)54-37(33)49-19-26-8-10-32(60-2)30(43)17-26/h4-5,7-14,16-17,20-21,27H,3,6,15,18-19,22-24H2,1-2H3,(H,51,57)(H,52,58)(H,48,53,55)(H,49,50,54)/t27-/m0/s1. The van der Waals surface area contributed by atoms with Gasteiger partial charge in [-0.15, -0.1) is 0 Å². The van der Waals surface area contributed by atoms with Crippen molar-refractivity contribution in [2.75, 3.05) is 42.9 Å². The molecule has 1 fully saturated rings. The molecule has 0 aliphatic carbocycles. The maximum absolute atomic E-state index is 13.5. The van der Waals surface area contributed by atoms with Crippen molar-refractivity contribution in [2.45, 2.75) is 45.1 Å². The molecule has 0 bridgehead atoms. The molecule has 7 rings (SSSR count). The summed E-state index contributed by atoms with van der Waals surface area (Å²) in [4.78, 5) is 63.8. The lowest BCUT2D eigenvalue weighted by molar-refractivity contribution is 0.0935. The topological polar surface area (TPSA) is 216 Å². The first-order valence-corrected chi connectivity index (χ1v) is 19.9. The van der Waals surface area contributed by atoms with E-state index in [2.05, 4.69) is 56.2 Å². The highest BCUT2D eigenvalue weighted by Crippen LogP contribution is 2.30. The Kier molecular flexibility index (Phi) is 14.1. The van der Waals surface area contributed by atoms with E-state index >= 15 is 0 Å². The first-order valence-electron chi connectivity index (χ1n) is 19.1. The molecule has 6 aromatic rings. The molecular formula is C41H41Cl2N13O5. The number of carbonyl (C=O) groups excluding carboxylic acids is 2. The molecule has 1 aliphatic heterocycles. The molecule has 0 saturated carbocycles. The fourth-order valence-electron chi connectivity index (χ4n) is 6.33. The smallest absolute Gasteiger partial charge is 0.289 e. The lowest BCUT2D eigenvalue weighted by Crippen LogP contribution is -2.36. The number of carbonyl (C=O) groups is 2. The summed E-state index contributed by atoms with van der Waals surface area (Å²) in [5, 5.41) is 13.1. The molecule has 314 valence electrons. The Hall–Kier alpha value is -6.92. The molecule has 1 atom stereocenters. The molecule has 4 N–H and O–H groups in total. The van der Waals surface area contributed by atoms with Crippen molar-refractivity contribution in [3.8, 4) is 17.2 Å². The predicted octanol–water partition coefficient (Wildman–Crippen LogP) is 5.30. The van der Waals surface area contributed by atoms with Gasteiger partial charge in [0.1, 0.15) is 41.1 Å². The number of halogens is 2. The molecule has 20 heteroatoms. The summed E-state index contributed by atoms with van der Waals surface area (Å²) in [7, 11) is 3.10. The quantitative estimate of drug-likeness (QED) is 0.0862. The van der Waals surface area contributed by atoms with E-state index in [9.17, 15) is 9.59 Å². The van der Waals surface area contributed by atoms with Crippen molar-refractivity contribution in [1.82, 2.24) is 50.5 Å². The minimum absolute atomic E-state index is 0.0770. The van der Waals surface area contributed by atoms with Gasteiger partial charge in [-0.1, -0.05) is 35.3 Å². The molecule has 0 spiro atoms. The van der Waals surface area contributed by atoms with Crippen LogP contribution in [-0.2, 0) is 26.2 Å². The van der Waals surface area contributed by atoms with E-state index in [4.69, 9.17) is 42.4 Å². The monoisotopic (exact) mass is 865 g/mol. The van der Waals surface area contributed by atoms with E-state index in [0.717, 1.165) is 24.0 Å². The Balaban J connectivity index is 1.09. The number of benzene rings is 2. The van der Waals surface area contributed by atoms with Gasteiger partial charge in [-0.05, 0) is 60.4 Å². The Morgan fingerprint density at radius 2 is 1.30 bits per heavy atom. The number of nitrogens with one attached hydrogen (secondary N) is 4. The molecule has 0 radical (unpaired) electrons. The zero-order valence-corrected chi connectivity index (χ0v) is 34.7. The highest BCUT2D eigenvalue weighted by molar-refractivity contribution is 6.32. The molecule has 4 aromatic heterocycles. The Labute approximate surface area is 360 Å². The van der Waals surface area contributed by atoms with Crippen molar-refractivity contribution in [3.05, 3.63) is 130 Å². The number of nitrogens with zero attached hydrogens (tertiary/aromatic N) is 9. The second-order valence-electron chi connectivity index (χ2n) is 13.5. The maximum Gasteiger partial charge on any atom is 0.289 e. The van der Waals surface area contributed by atoms with Gasteiger partial charge in [0.05, 0.1) is 49.6 Å². The molecular weight excluding hydrogens is 825 g/mol. The van der Waals surface area contributed by atoms with Crippen LogP contribution >= 0.6 is 23.2 Å². The number of hydrogen-bond acceptors (Lipinski definition) is 16. The summed E-state index contributed by atoms with van der Waals surface area (Å²) in [6.45, 7) is 1.66. The number of ether oxygens (including phenoxy) is 3. The van der Waals surface area contributed by atoms with Gasteiger partial charge in [-0.2, -0.15) is 4.98 Å². The number of anilines is 3. The lowest BCUT2D eigenvalue weighted by Gasteiger charge is -2.26. The average molecular weight is 867 g/mol. The van der Waals surface area contributed by atoms with E-state index in [1.165, 1.54) is 12.4 Å². The van der Waals surface area contributed by atoms with Crippen LogP contribution in [-0.4, -0.2) is 85.1 Å². The van der Waals surface area contributed by atoms with E-state index < -0.39 is 11.8 Å². The van der Waals surface area contributed by atoms with Crippen LogP contribution in [0.4, 0.5) is 17.6 Å².